The third-order valence-electron chi connectivity index (χ3n) is 1.21. The molecule has 1 amide bonds. The summed E-state index contributed by atoms with van der Waals surface area (Å²) in [4.78, 5) is 19.9. The van der Waals surface area contributed by atoms with Crippen LogP contribution in [0.3, 0.4) is 0 Å². The number of aliphatic hydroxyl groups is 3. The lowest BCUT2D eigenvalue weighted by Crippen LogP contribution is -2.34. The van der Waals surface area contributed by atoms with Gasteiger partial charge in [-0.2, -0.15) is 0 Å². The number of primary amides is 1. The van der Waals surface area contributed by atoms with Crippen molar-refractivity contribution in [2.45, 2.75) is 31.8 Å². The Labute approximate surface area is 86.1 Å². The van der Waals surface area contributed by atoms with Gasteiger partial charge in [0.25, 0.3) is 5.97 Å². The zero-order valence-corrected chi connectivity index (χ0v) is 8.25. The van der Waals surface area contributed by atoms with Crippen molar-refractivity contribution in [2.75, 3.05) is 0 Å². The van der Waals surface area contributed by atoms with Crippen molar-refractivity contribution in [3.05, 3.63) is 0 Å². The van der Waals surface area contributed by atoms with Gasteiger partial charge in [-0.3, -0.25) is 9.59 Å². The van der Waals surface area contributed by atoms with Crippen LogP contribution in [0, 0.1) is 0 Å². The summed E-state index contributed by atoms with van der Waals surface area (Å²) in [6.45, 7) is 1.46. The second-order valence-corrected chi connectivity index (χ2v) is 2.74. The molecule has 0 saturated heterocycles. The number of carboxylic acid groups (broad SMARTS) is 1. The summed E-state index contributed by atoms with van der Waals surface area (Å²) in [5, 5.41) is 31.9. The van der Waals surface area contributed by atoms with Crippen molar-refractivity contribution < 1.29 is 30.0 Å². The average Bonchev–Trinajstić information content (AvgIpc) is 2.02. The number of aliphatic carboxylic acids is 1. The molecule has 0 aliphatic rings. The number of amides is 1. The third-order valence-corrected chi connectivity index (χ3v) is 1.21. The lowest BCUT2D eigenvalue weighted by Gasteiger charge is -2.08. The molecule has 0 aliphatic heterocycles. The summed E-state index contributed by atoms with van der Waals surface area (Å²) >= 11 is 0. The predicted molar refractivity (Wildman–Crippen MR) is 49.1 cm³/mol. The lowest BCUT2D eigenvalue weighted by molar-refractivity contribution is -0.312. The van der Waals surface area contributed by atoms with E-state index in [1.165, 1.54) is 6.92 Å². The van der Waals surface area contributed by atoms with E-state index in [9.17, 15) is 9.59 Å². The van der Waals surface area contributed by atoms with Crippen LogP contribution in [0.4, 0.5) is 0 Å². The fourth-order valence-corrected chi connectivity index (χ4v) is 0.304. The highest BCUT2D eigenvalue weighted by Crippen LogP contribution is 1.95. The van der Waals surface area contributed by atoms with E-state index in [0.717, 1.165) is 0 Å². The molecule has 0 aliphatic carbocycles. The number of carbonyl (C=O) groups is 2. The van der Waals surface area contributed by atoms with Crippen LogP contribution >= 0.6 is 0 Å². The molecule has 0 bridgehead atoms. The van der Waals surface area contributed by atoms with E-state index in [4.69, 9.17) is 26.2 Å². The van der Waals surface area contributed by atoms with Crippen molar-refractivity contribution in [3.8, 4) is 0 Å². The van der Waals surface area contributed by atoms with E-state index in [0.29, 0.717) is 0 Å². The standard InChI is InChI=1S/C4H8N2O3.C3H8O3/c5-2(4(8)9)1-3(6)7;1-2-3(4,5)6/h2H,1,5H2,(H2,6,7)(H,8,9);4-6H,2H2,1H3. The lowest BCUT2D eigenvalue weighted by atomic mass is 10.2. The van der Waals surface area contributed by atoms with Crippen LogP contribution in [0.25, 0.3) is 0 Å². The highest BCUT2D eigenvalue weighted by Gasteiger charge is 2.13. The zero-order valence-electron chi connectivity index (χ0n) is 8.25. The summed E-state index contributed by atoms with van der Waals surface area (Å²) in [5.41, 5.74) is 9.57. The Morgan fingerprint density at radius 2 is 1.67 bits per heavy atom. The zero-order chi connectivity index (χ0) is 12.6. The van der Waals surface area contributed by atoms with Gasteiger partial charge in [-0.05, 0) is 0 Å². The molecule has 0 saturated carbocycles. The van der Waals surface area contributed by atoms with Gasteiger partial charge < -0.3 is 31.9 Å². The van der Waals surface area contributed by atoms with Crippen LogP contribution in [0.1, 0.15) is 19.8 Å². The van der Waals surface area contributed by atoms with Crippen molar-refractivity contribution >= 4 is 11.9 Å². The third kappa shape index (κ3) is 15.5. The van der Waals surface area contributed by atoms with Crippen molar-refractivity contribution in [1.29, 1.82) is 0 Å². The SMILES string of the molecule is CCC(O)(O)O.NC(=O)CC(N)C(=O)O. The minimum atomic E-state index is -2.46. The van der Waals surface area contributed by atoms with Crippen LogP contribution in [0.5, 0.6) is 0 Å². The van der Waals surface area contributed by atoms with Crippen LogP contribution in [0.15, 0.2) is 0 Å². The highest BCUT2D eigenvalue weighted by atomic mass is 16.7. The first-order chi connectivity index (χ1) is 6.60. The van der Waals surface area contributed by atoms with E-state index in [1.54, 1.807) is 0 Å². The number of hydrogen-bond donors (Lipinski definition) is 6. The fraction of sp³-hybridized carbons (Fsp3) is 0.714. The molecule has 0 fully saturated rings. The Kier molecular flexibility index (Phi) is 7.70. The smallest absolute Gasteiger partial charge is 0.321 e. The first-order valence-electron chi connectivity index (χ1n) is 4.04. The van der Waals surface area contributed by atoms with Crippen molar-refractivity contribution in [3.63, 3.8) is 0 Å². The number of nitrogens with two attached hydrogens (primary N) is 2. The summed E-state index contributed by atoms with van der Waals surface area (Å²) in [7, 11) is 0. The van der Waals surface area contributed by atoms with Crippen LogP contribution in [-0.4, -0.2) is 44.3 Å². The first kappa shape index (κ1) is 16.2. The number of hydrogen-bond acceptors (Lipinski definition) is 6. The van der Waals surface area contributed by atoms with E-state index in [-0.39, 0.29) is 12.8 Å². The molecule has 0 rings (SSSR count). The topological polar surface area (TPSA) is 167 Å². The molecule has 0 spiro atoms. The number of carboxylic acids is 1. The maximum Gasteiger partial charge on any atom is 0.321 e. The van der Waals surface area contributed by atoms with Gasteiger partial charge in [0.1, 0.15) is 6.04 Å². The van der Waals surface area contributed by atoms with Gasteiger partial charge in [-0.15, -0.1) is 0 Å². The van der Waals surface area contributed by atoms with Gasteiger partial charge in [0.15, 0.2) is 0 Å². The maximum atomic E-state index is 9.99. The molecule has 15 heavy (non-hydrogen) atoms. The van der Waals surface area contributed by atoms with Gasteiger partial charge in [0.05, 0.1) is 6.42 Å². The Morgan fingerprint density at radius 1 is 1.33 bits per heavy atom. The second-order valence-electron chi connectivity index (χ2n) is 2.74. The molecular weight excluding hydrogens is 208 g/mol. The summed E-state index contributed by atoms with van der Waals surface area (Å²) in [6.07, 6.45) is -0.373. The quantitative estimate of drug-likeness (QED) is 0.282. The molecule has 8 N–H and O–H groups in total. The molecule has 8 nitrogen and oxygen atoms in total. The summed E-state index contributed by atoms with van der Waals surface area (Å²) in [5.74, 6) is -4.38. The molecule has 0 aromatic carbocycles. The minimum absolute atomic E-state index is 0.0625. The van der Waals surface area contributed by atoms with E-state index < -0.39 is 23.9 Å². The Hall–Kier alpha value is -1.22. The average molecular weight is 224 g/mol. The largest absolute Gasteiger partial charge is 0.480 e. The molecule has 90 valence electrons. The van der Waals surface area contributed by atoms with E-state index in [2.05, 4.69) is 5.73 Å². The Morgan fingerprint density at radius 3 is 1.73 bits per heavy atom. The fourth-order valence-electron chi connectivity index (χ4n) is 0.304. The second kappa shape index (κ2) is 7.12. The van der Waals surface area contributed by atoms with Crippen LogP contribution in [0.2, 0.25) is 0 Å². The Bertz CT molecular complexity index is 212. The molecule has 0 radical (unpaired) electrons. The molecule has 1 unspecified atom stereocenters. The summed E-state index contributed by atoms with van der Waals surface area (Å²) in [6, 6.07) is -1.16. The van der Waals surface area contributed by atoms with E-state index >= 15 is 0 Å². The normalized spacial score (nSPS) is 12.3. The maximum absolute atomic E-state index is 9.99. The molecule has 0 aromatic rings. The highest BCUT2D eigenvalue weighted by molar-refractivity contribution is 5.83. The summed E-state index contributed by atoms with van der Waals surface area (Å²) < 4.78 is 0. The van der Waals surface area contributed by atoms with Crippen molar-refractivity contribution in [1.82, 2.24) is 0 Å². The van der Waals surface area contributed by atoms with Gasteiger partial charge in [0, 0.05) is 6.42 Å². The van der Waals surface area contributed by atoms with Gasteiger partial charge in [-0.25, -0.2) is 0 Å². The molecule has 1 atom stereocenters. The van der Waals surface area contributed by atoms with E-state index in [1.807, 2.05) is 0 Å². The monoisotopic (exact) mass is 224 g/mol. The van der Waals surface area contributed by atoms with Crippen molar-refractivity contribution in [2.24, 2.45) is 11.5 Å². The van der Waals surface area contributed by atoms with Gasteiger partial charge >= 0.3 is 5.97 Å². The number of rotatable bonds is 4. The molecule has 8 heteroatoms. The van der Waals surface area contributed by atoms with Gasteiger partial charge in [0.2, 0.25) is 5.91 Å². The predicted octanol–water partition coefficient (Wildman–Crippen LogP) is -2.70. The molecule has 0 aromatic heterocycles. The van der Waals surface area contributed by atoms with Crippen LogP contribution in [-0.2, 0) is 9.59 Å². The number of carbonyl (C=O) groups excluding carboxylic acids is 1. The molecule has 0 heterocycles. The minimum Gasteiger partial charge on any atom is -0.480 e. The molecular formula is C7H16N2O6. The Balaban J connectivity index is 0. The van der Waals surface area contributed by atoms with Gasteiger partial charge in [-0.1, -0.05) is 6.92 Å². The van der Waals surface area contributed by atoms with Crippen LogP contribution < -0.4 is 11.5 Å². The first-order valence-corrected chi connectivity index (χ1v) is 4.04.